The lowest BCUT2D eigenvalue weighted by Crippen LogP contribution is -2.42. The number of rotatable bonds is 47. The molecule has 14 heteroatoms. The zero-order chi connectivity index (χ0) is 61.4. The summed E-state index contributed by atoms with van der Waals surface area (Å²) >= 11 is 6.16. The molecule has 478 valence electrons. The van der Waals surface area contributed by atoms with Crippen LogP contribution in [0, 0.1) is 11.8 Å². The van der Waals surface area contributed by atoms with E-state index in [0.29, 0.717) is 23.9 Å². The number of aromatic nitrogens is 1. The number of hydrogen-bond acceptors (Lipinski definition) is 13. The minimum Gasteiger partial charge on any atom is -0.462 e. The summed E-state index contributed by atoms with van der Waals surface area (Å²) in [6.45, 7) is 18.8. The van der Waals surface area contributed by atoms with Gasteiger partial charge in [0.1, 0.15) is 30.1 Å². The van der Waals surface area contributed by atoms with Crippen molar-refractivity contribution < 1.29 is 47.7 Å². The van der Waals surface area contributed by atoms with Crippen LogP contribution in [0.1, 0.15) is 299 Å². The van der Waals surface area contributed by atoms with Crippen LogP contribution in [-0.2, 0) is 47.7 Å². The highest BCUT2D eigenvalue weighted by atomic mass is 35.5. The highest BCUT2D eigenvalue weighted by Crippen LogP contribution is 2.38. The number of esters is 5. The normalized spacial score (nSPS) is 15.1. The Kier molecular flexibility index (Phi) is 38.8. The number of nitrogens with one attached hydrogen (secondary N) is 1. The highest BCUT2D eigenvalue weighted by Gasteiger charge is 2.31. The Morgan fingerprint density at radius 3 is 1.52 bits per heavy atom. The maximum absolute atomic E-state index is 13.4. The molecule has 13 nitrogen and oxygen atoms in total. The van der Waals surface area contributed by atoms with Gasteiger partial charge >= 0.3 is 29.8 Å². The van der Waals surface area contributed by atoms with E-state index in [4.69, 9.17) is 35.3 Å². The third-order valence-corrected chi connectivity index (χ3v) is 16.1. The van der Waals surface area contributed by atoms with Gasteiger partial charge in [-0.05, 0) is 107 Å². The third kappa shape index (κ3) is 35.3. The predicted octanol–water partition coefficient (Wildman–Crippen LogP) is 19.0. The number of halogens is 1. The molecule has 2 aromatic rings. The number of unbranched alkanes of at least 4 members (excludes halogenated alkanes) is 24. The zero-order valence-electron chi connectivity index (χ0n) is 54.2. The van der Waals surface area contributed by atoms with Crippen molar-refractivity contribution in [3.05, 3.63) is 47.2 Å². The molecule has 0 aliphatic heterocycles. The number of anilines is 3. The Balaban J connectivity index is 1.52. The van der Waals surface area contributed by atoms with E-state index in [1.54, 1.807) is 12.3 Å². The second-order valence-corrected chi connectivity index (χ2v) is 26.3. The number of carbonyl (C=O) groups excluding carboxylic acids is 5. The van der Waals surface area contributed by atoms with E-state index >= 15 is 0 Å². The molecule has 1 aromatic heterocycles. The van der Waals surface area contributed by atoms with Gasteiger partial charge in [0.2, 0.25) is 0 Å². The lowest BCUT2D eigenvalue weighted by molar-refractivity contribution is -0.168. The third-order valence-electron chi connectivity index (χ3n) is 15.9. The summed E-state index contributed by atoms with van der Waals surface area (Å²) in [7, 11) is 0. The van der Waals surface area contributed by atoms with Crippen LogP contribution in [0.15, 0.2) is 36.5 Å². The van der Waals surface area contributed by atoms with Crippen LogP contribution in [0.2, 0.25) is 5.15 Å². The molecule has 1 N–H and O–H groups in total. The first-order valence-electron chi connectivity index (χ1n) is 33.6. The van der Waals surface area contributed by atoms with Crippen molar-refractivity contribution in [2.45, 2.75) is 317 Å². The van der Waals surface area contributed by atoms with Gasteiger partial charge in [0, 0.05) is 38.3 Å². The summed E-state index contributed by atoms with van der Waals surface area (Å²) in [5, 5.41) is 4.00. The highest BCUT2D eigenvalue weighted by molar-refractivity contribution is 6.29. The molecule has 0 radical (unpaired) electrons. The molecule has 2 atom stereocenters. The molecule has 1 heterocycles. The minimum absolute atomic E-state index is 0.0364. The van der Waals surface area contributed by atoms with Crippen molar-refractivity contribution in [3.63, 3.8) is 0 Å². The number of benzene rings is 1. The lowest BCUT2D eigenvalue weighted by atomic mass is 9.90. The Bertz CT molecular complexity index is 2060. The molecule has 3 rings (SSSR count). The molecule has 84 heavy (non-hydrogen) atoms. The molecule has 1 aromatic carbocycles. The number of ether oxygens (including phenoxy) is 5. The first-order valence-corrected chi connectivity index (χ1v) is 33.9. The molecule has 1 aliphatic carbocycles. The number of carbonyl (C=O) groups is 5. The second kappa shape index (κ2) is 44.1. The number of nitrogens with zero attached hydrogens (tertiary/aromatic N) is 2. The Labute approximate surface area is 514 Å². The summed E-state index contributed by atoms with van der Waals surface area (Å²) in [5.74, 6) is -2.00. The molecular formula is C70H116ClN3O10. The van der Waals surface area contributed by atoms with Crippen molar-refractivity contribution in [1.29, 1.82) is 0 Å². The van der Waals surface area contributed by atoms with Crippen LogP contribution < -0.4 is 10.2 Å². The largest absolute Gasteiger partial charge is 0.462 e. The van der Waals surface area contributed by atoms with Crippen molar-refractivity contribution >= 4 is 58.5 Å². The standard InChI is InChI=1S/C70H116ClN3O10/c1-10-12-14-16-18-20-22-24-26-28-30-32-34-36-65(75)80-52-61(53-81-66(76)37-35-33-31-29-27-25-23-21-19-17-15-13-11-2)83-68(78)47-55(5)46-67(77)82-60-42-40-59(41-43-60)74(51-54(3)4)63-44-38-57(56(6)48-69(79)84-70(7,8)9)49-62(63)73-58-39-45-64(71)72-50-58/h38-39,44-45,49-50,54-56,59-61,73H,10-37,40-43,46-48,51-53H2,1-9H3/t55?,56?,59-,60-. The predicted molar refractivity (Wildman–Crippen MR) is 343 cm³/mol. The molecule has 1 fully saturated rings. The zero-order valence-corrected chi connectivity index (χ0v) is 54.9. The minimum atomic E-state index is -0.958. The first kappa shape index (κ1) is 73.9. The summed E-state index contributed by atoms with van der Waals surface area (Å²) < 4.78 is 28.8. The Morgan fingerprint density at radius 2 is 1.07 bits per heavy atom. The molecule has 1 aliphatic rings. The van der Waals surface area contributed by atoms with Crippen LogP contribution in [0.3, 0.4) is 0 Å². The SMILES string of the molecule is CCCCCCCCCCCCCCCC(=O)OCC(COC(=O)CCCCCCCCCCCCCCC)OC(=O)CC(C)CC(=O)O[C@H]1CC[C@H](N(CC(C)C)c2ccc(C(C)CC(=O)OC(C)(C)C)cc2Nc2ccc(Cl)nc2)CC1. The van der Waals surface area contributed by atoms with Crippen LogP contribution in [-0.4, -0.2) is 78.4 Å². The van der Waals surface area contributed by atoms with Gasteiger partial charge in [-0.2, -0.15) is 0 Å². The summed E-state index contributed by atoms with van der Waals surface area (Å²) in [5.41, 5.74) is 3.14. The first-order chi connectivity index (χ1) is 40.3. The quantitative estimate of drug-likeness (QED) is 0.0289. The van der Waals surface area contributed by atoms with E-state index in [2.05, 4.69) is 61.1 Å². The topological polar surface area (TPSA) is 160 Å². The van der Waals surface area contributed by atoms with Gasteiger partial charge in [-0.3, -0.25) is 24.0 Å². The van der Waals surface area contributed by atoms with Crippen LogP contribution in [0.5, 0.6) is 0 Å². The van der Waals surface area contributed by atoms with E-state index in [0.717, 1.165) is 80.5 Å². The van der Waals surface area contributed by atoms with E-state index in [1.165, 1.54) is 128 Å². The number of pyridine rings is 1. The van der Waals surface area contributed by atoms with Gasteiger partial charge in [0.25, 0.3) is 0 Å². The van der Waals surface area contributed by atoms with Gasteiger partial charge in [-0.1, -0.05) is 213 Å². The van der Waals surface area contributed by atoms with Crippen molar-refractivity contribution in [3.8, 4) is 0 Å². The summed E-state index contributed by atoms with van der Waals surface area (Å²) in [4.78, 5) is 72.2. The maximum Gasteiger partial charge on any atom is 0.306 e. The van der Waals surface area contributed by atoms with E-state index in [1.807, 2.05) is 40.7 Å². The molecule has 1 saturated carbocycles. The Hall–Kier alpha value is -4.39. The maximum atomic E-state index is 13.4. The lowest BCUT2D eigenvalue weighted by Gasteiger charge is -2.40. The van der Waals surface area contributed by atoms with Gasteiger partial charge in [-0.15, -0.1) is 0 Å². The van der Waals surface area contributed by atoms with Gasteiger partial charge < -0.3 is 33.9 Å². The molecule has 2 unspecified atom stereocenters. The van der Waals surface area contributed by atoms with Crippen LogP contribution in [0.4, 0.5) is 17.1 Å². The monoisotopic (exact) mass is 1190 g/mol. The smallest absolute Gasteiger partial charge is 0.306 e. The Morgan fingerprint density at radius 1 is 0.595 bits per heavy atom. The average molecular weight is 1200 g/mol. The molecule has 0 amide bonds. The van der Waals surface area contributed by atoms with E-state index < -0.39 is 17.7 Å². The molecular weight excluding hydrogens is 1080 g/mol. The van der Waals surface area contributed by atoms with Gasteiger partial charge in [0.05, 0.1) is 29.7 Å². The average Bonchev–Trinajstić information content (AvgIpc) is 3.56. The fraction of sp³-hybridized carbons (Fsp3) is 0.771. The second-order valence-electron chi connectivity index (χ2n) is 25.9. The van der Waals surface area contributed by atoms with Gasteiger partial charge in [0.15, 0.2) is 6.10 Å². The summed E-state index contributed by atoms with van der Waals surface area (Å²) in [6, 6.07) is 10.2. The van der Waals surface area contributed by atoms with Crippen LogP contribution >= 0.6 is 11.6 Å². The van der Waals surface area contributed by atoms with Crippen molar-refractivity contribution in [2.24, 2.45) is 11.8 Å². The molecule has 0 bridgehead atoms. The van der Waals surface area contributed by atoms with Crippen LogP contribution in [0.25, 0.3) is 0 Å². The molecule has 0 spiro atoms. The fourth-order valence-electron chi connectivity index (χ4n) is 11.2. The van der Waals surface area contributed by atoms with Gasteiger partial charge in [-0.25, -0.2) is 4.98 Å². The summed E-state index contributed by atoms with van der Waals surface area (Å²) in [6.07, 6.45) is 35.8. The van der Waals surface area contributed by atoms with Crippen molar-refractivity contribution in [2.75, 3.05) is 30.0 Å². The van der Waals surface area contributed by atoms with E-state index in [9.17, 15) is 24.0 Å². The van der Waals surface area contributed by atoms with E-state index in [-0.39, 0.29) is 93.2 Å². The number of hydrogen-bond donors (Lipinski definition) is 1. The fourth-order valence-corrected chi connectivity index (χ4v) is 11.3. The van der Waals surface area contributed by atoms with Crippen molar-refractivity contribution in [1.82, 2.24) is 4.98 Å². The molecule has 0 saturated heterocycles.